The van der Waals surface area contributed by atoms with Crippen LogP contribution in [0, 0.1) is 0 Å². The Morgan fingerprint density at radius 2 is 1.97 bits per heavy atom. The molecular weight excluding hydrogens is 520 g/mol. The van der Waals surface area contributed by atoms with Crippen LogP contribution in [0.15, 0.2) is 30.3 Å². The number of hydrogen-bond acceptors (Lipinski definition) is 6. The van der Waals surface area contributed by atoms with Crippen LogP contribution in [0.25, 0.3) is 0 Å². The van der Waals surface area contributed by atoms with E-state index in [1.54, 1.807) is 13.0 Å². The van der Waals surface area contributed by atoms with Gasteiger partial charge in [-0.1, -0.05) is 11.6 Å². The molecule has 0 aliphatic carbocycles. The molecule has 0 saturated carbocycles. The van der Waals surface area contributed by atoms with Gasteiger partial charge in [0.05, 0.1) is 21.5 Å². The zero-order valence-electron chi connectivity index (χ0n) is 19.1. The van der Waals surface area contributed by atoms with Crippen LogP contribution >= 0.6 is 22.9 Å². The molecule has 1 aliphatic heterocycles. The molecule has 1 atom stereocenters. The smallest absolute Gasteiger partial charge is 0.315 e. The fraction of sp³-hybridized carbons (Fsp3) is 0.364. The summed E-state index contributed by atoms with van der Waals surface area (Å²) in [5, 5.41) is 9.95. The Hall–Kier alpha value is -3.29. The van der Waals surface area contributed by atoms with Gasteiger partial charge in [-0.05, 0) is 37.3 Å². The van der Waals surface area contributed by atoms with E-state index in [0.717, 1.165) is 17.4 Å². The third kappa shape index (κ3) is 7.12. The summed E-state index contributed by atoms with van der Waals surface area (Å²) < 4.78 is 33.1. The van der Waals surface area contributed by atoms with Crippen LogP contribution in [0.2, 0.25) is 4.34 Å². The number of anilines is 2. The molecule has 5 amide bonds. The molecule has 1 saturated heterocycles. The number of nitrogens with zero attached hydrogens (tertiary/aromatic N) is 1. The van der Waals surface area contributed by atoms with Gasteiger partial charge in [-0.2, -0.15) is 0 Å². The maximum atomic E-state index is 13.8. The number of amides is 5. The van der Waals surface area contributed by atoms with Crippen molar-refractivity contribution < 1.29 is 32.7 Å². The maximum absolute atomic E-state index is 13.8. The second-order valence-electron chi connectivity index (χ2n) is 7.53. The first kappa shape index (κ1) is 27.3. The lowest BCUT2D eigenvalue weighted by Gasteiger charge is -2.29. The van der Waals surface area contributed by atoms with Crippen molar-refractivity contribution in [3.63, 3.8) is 0 Å². The van der Waals surface area contributed by atoms with Crippen LogP contribution in [0.4, 0.5) is 25.0 Å². The predicted octanol–water partition coefficient (Wildman–Crippen LogP) is 2.76. The topological polar surface area (TPSA) is 129 Å². The number of carbonyl (C=O) groups excluding carboxylic acids is 4. The van der Waals surface area contributed by atoms with Gasteiger partial charge in [-0.3, -0.25) is 14.4 Å². The molecule has 2 aromatic rings. The van der Waals surface area contributed by atoms with Crippen LogP contribution in [0.1, 0.15) is 28.6 Å². The highest BCUT2D eigenvalue weighted by Crippen LogP contribution is 2.33. The number of rotatable bonds is 9. The number of morpholine rings is 1. The highest BCUT2D eigenvalue weighted by molar-refractivity contribution is 7.18. The minimum absolute atomic E-state index is 0.0233. The Balaban J connectivity index is 1.75. The molecule has 4 N–H and O–H groups in total. The number of ether oxygens (including phenoxy) is 1. The molecule has 1 aromatic carbocycles. The van der Waals surface area contributed by atoms with E-state index < -0.39 is 41.8 Å². The number of halogens is 3. The van der Waals surface area contributed by atoms with Crippen molar-refractivity contribution in [2.75, 3.05) is 43.1 Å². The van der Waals surface area contributed by atoms with Crippen LogP contribution in [0.3, 0.4) is 0 Å². The minimum Gasteiger partial charge on any atom is -0.370 e. The summed E-state index contributed by atoms with van der Waals surface area (Å²) in [7, 11) is 0. The van der Waals surface area contributed by atoms with Crippen molar-refractivity contribution in [3.8, 4) is 0 Å². The highest BCUT2D eigenvalue weighted by Gasteiger charge is 2.27. The number of alkyl halides is 2. The number of benzene rings is 1. The summed E-state index contributed by atoms with van der Waals surface area (Å²) in [5.74, 6) is -1.70. The molecule has 1 aromatic heterocycles. The van der Waals surface area contributed by atoms with Crippen LogP contribution in [-0.2, 0) is 14.3 Å². The molecule has 1 aliphatic rings. The number of hydrogen-bond donors (Lipinski definition) is 4. The van der Waals surface area contributed by atoms with Crippen molar-refractivity contribution >= 4 is 58.1 Å². The van der Waals surface area contributed by atoms with E-state index in [1.165, 1.54) is 23.1 Å². The number of nitrogens with one attached hydrogen (secondary N) is 4. The summed E-state index contributed by atoms with van der Waals surface area (Å²) in [5.41, 5.74) is -0.395. The molecule has 0 unspecified atom stereocenters. The van der Waals surface area contributed by atoms with Crippen LogP contribution in [-0.4, -0.2) is 62.6 Å². The van der Waals surface area contributed by atoms with Gasteiger partial charge in [0, 0.05) is 30.9 Å². The Morgan fingerprint density at radius 1 is 1.19 bits per heavy atom. The predicted molar refractivity (Wildman–Crippen MR) is 131 cm³/mol. The molecule has 0 spiro atoms. The monoisotopic (exact) mass is 543 g/mol. The minimum atomic E-state index is -2.92. The molecule has 194 valence electrons. The Kier molecular flexibility index (Phi) is 9.56. The zero-order chi connectivity index (χ0) is 26.2. The summed E-state index contributed by atoms with van der Waals surface area (Å²) in [4.78, 5) is 51.0. The lowest BCUT2D eigenvalue weighted by Crippen LogP contribution is -2.53. The van der Waals surface area contributed by atoms with Crippen molar-refractivity contribution in [2.45, 2.75) is 19.4 Å². The lowest BCUT2D eigenvalue weighted by atomic mass is 10.1. The summed E-state index contributed by atoms with van der Waals surface area (Å²) in [6, 6.07) is 4.93. The molecule has 2 heterocycles. The fourth-order valence-corrected chi connectivity index (χ4v) is 4.31. The fourth-order valence-electron chi connectivity index (χ4n) is 3.35. The lowest BCUT2D eigenvalue weighted by molar-refractivity contribution is -0.125. The summed E-state index contributed by atoms with van der Waals surface area (Å²) >= 11 is 6.89. The first-order valence-corrected chi connectivity index (χ1v) is 12.1. The molecule has 14 heteroatoms. The van der Waals surface area contributed by atoms with E-state index in [2.05, 4.69) is 21.3 Å². The van der Waals surface area contributed by atoms with Crippen LogP contribution < -0.4 is 26.2 Å². The van der Waals surface area contributed by atoms with Crippen molar-refractivity contribution in [2.24, 2.45) is 0 Å². The van der Waals surface area contributed by atoms with Crippen molar-refractivity contribution in [1.29, 1.82) is 0 Å². The van der Waals surface area contributed by atoms with E-state index in [9.17, 15) is 28.0 Å². The summed E-state index contributed by atoms with van der Waals surface area (Å²) in [6.07, 6.45) is -2.92. The first-order valence-electron chi connectivity index (χ1n) is 10.9. The SMILES string of the molecule is CCNC(=O)N[C@@H](CNC(=O)c1ccc(Cl)s1)C(=O)Nc1ccc(N2CCOCC2=O)c(C(F)F)c1. The average Bonchev–Trinajstić information content (AvgIpc) is 3.28. The molecule has 0 bridgehead atoms. The van der Waals surface area contributed by atoms with Gasteiger partial charge in [0.25, 0.3) is 18.2 Å². The maximum Gasteiger partial charge on any atom is 0.315 e. The Morgan fingerprint density at radius 3 is 2.61 bits per heavy atom. The third-order valence-electron chi connectivity index (χ3n) is 5.03. The van der Waals surface area contributed by atoms with E-state index in [-0.39, 0.29) is 37.7 Å². The van der Waals surface area contributed by atoms with Crippen molar-refractivity contribution in [1.82, 2.24) is 16.0 Å². The molecule has 0 radical (unpaired) electrons. The van der Waals surface area contributed by atoms with E-state index >= 15 is 0 Å². The molecule has 10 nitrogen and oxygen atoms in total. The number of carbonyl (C=O) groups is 4. The zero-order valence-corrected chi connectivity index (χ0v) is 20.7. The summed E-state index contributed by atoms with van der Waals surface area (Å²) in [6.45, 7) is 1.82. The Labute approximate surface area is 214 Å². The van der Waals surface area contributed by atoms with Crippen molar-refractivity contribution in [3.05, 3.63) is 45.1 Å². The normalized spacial score (nSPS) is 14.4. The van der Waals surface area contributed by atoms with E-state index in [1.807, 2.05) is 0 Å². The largest absolute Gasteiger partial charge is 0.370 e. The highest BCUT2D eigenvalue weighted by atomic mass is 35.5. The Bertz CT molecular complexity index is 1130. The standard InChI is InChI=1S/C22H24ClF2N5O5S/c1-2-26-22(34)29-14(10-27-21(33)16-5-6-17(23)36-16)20(32)28-12-3-4-15(13(9-12)19(24)25)30-7-8-35-11-18(30)31/h3-6,9,14,19H,2,7-8,10-11H2,1H3,(H,27,33)(H,28,32)(H2,26,29,34)/t14-/m0/s1. The van der Waals surface area contributed by atoms with Gasteiger partial charge < -0.3 is 30.9 Å². The number of thiophene rings is 1. The molecule has 36 heavy (non-hydrogen) atoms. The van der Waals surface area contributed by atoms with Crippen LogP contribution in [0.5, 0.6) is 0 Å². The molecule has 1 fully saturated rings. The molecular formula is C22H24ClF2N5O5S. The second kappa shape index (κ2) is 12.6. The second-order valence-corrected chi connectivity index (χ2v) is 9.25. The molecule has 3 rings (SSSR count). The first-order chi connectivity index (χ1) is 17.2. The van der Waals surface area contributed by atoms with Gasteiger partial charge in [0.15, 0.2) is 0 Å². The van der Waals surface area contributed by atoms with Gasteiger partial charge in [0.1, 0.15) is 12.6 Å². The van der Waals surface area contributed by atoms with Gasteiger partial charge >= 0.3 is 6.03 Å². The van der Waals surface area contributed by atoms with E-state index in [0.29, 0.717) is 15.8 Å². The van der Waals surface area contributed by atoms with Gasteiger partial charge in [0.2, 0.25) is 5.91 Å². The van der Waals surface area contributed by atoms with Gasteiger partial charge in [-0.25, -0.2) is 13.6 Å². The van der Waals surface area contributed by atoms with E-state index in [4.69, 9.17) is 16.3 Å². The number of urea groups is 1. The quantitative estimate of drug-likeness (QED) is 0.386. The van der Waals surface area contributed by atoms with Gasteiger partial charge in [-0.15, -0.1) is 11.3 Å². The average molecular weight is 544 g/mol. The third-order valence-corrected chi connectivity index (χ3v) is 6.26.